The van der Waals surface area contributed by atoms with E-state index in [1.54, 1.807) is 11.3 Å². The average molecular weight is 151 g/mol. The molecule has 0 aliphatic heterocycles. The third kappa shape index (κ3) is 1.37. The Hall–Kier alpha value is -0.810. The van der Waals surface area contributed by atoms with E-state index in [0.717, 1.165) is 10.7 Å². The second-order valence-electron chi connectivity index (χ2n) is 2.22. The zero-order chi connectivity index (χ0) is 7.56. The van der Waals surface area contributed by atoms with Gasteiger partial charge in [0.25, 0.3) is 0 Å². The van der Waals surface area contributed by atoms with Gasteiger partial charge >= 0.3 is 0 Å². The first-order valence-corrected chi connectivity index (χ1v) is 4.00. The van der Waals surface area contributed by atoms with Crippen molar-refractivity contribution in [2.75, 3.05) is 0 Å². The zero-order valence-corrected chi connectivity index (χ0v) is 6.90. The molecule has 1 nitrogen and oxygen atoms in total. The summed E-state index contributed by atoms with van der Waals surface area (Å²) in [5.74, 6) is 2.81. The molecule has 0 radical (unpaired) electrons. The summed E-state index contributed by atoms with van der Waals surface area (Å²) in [5, 5.41) is 3.06. The third-order valence-electron chi connectivity index (χ3n) is 1.26. The van der Waals surface area contributed by atoms with Crippen molar-refractivity contribution in [3.63, 3.8) is 0 Å². The summed E-state index contributed by atoms with van der Waals surface area (Å²) in [7, 11) is 0. The third-order valence-corrected chi connectivity index (χ3v) is 2.40. The summed E-state index contributed by atoms with van der Waals surface area (Å²) in [6.45, 7) is 3.96. The molecule has 1 atom stereocenters. The first kappa shape index (κ1) is 7.30. The van der Waals surface area contributed by atoms with Gasteiger partial charge in [0.2, 0.25) is 0 Å². The molecule has 0 saturated heterocycles. The average Bonchev–Trinajstić information content (AvgIpc) is 2.34. The fraction of sp³-hybridized carbons (Fsp3) is 0.375. The number of hydrogen-bond donors (Lipinski definition) is 0. The number of terminal acetylenes is 1. The smallest absolute Gasteiger partial charge is 0.108 e. The Labute approximate surface area is 65.1 Å². The number of hydrogen-bond acceptors (Lipinski definition) is 2. The minimum Gasteiger partial charge on any atom is -0.245 e. The summed E-state index contributed by atoms with van der Waals surface area (Å²) in [6, 6.07) is 0. The maximum absolute atomic E-state index is 5.23. The number of rotatable bonds is 1. The maximum atomic E-state index is 5.23. The van der Waals surface area contributed by atoms with Crippen LogP contribution < -0.4 is 0 Å². The molecule has 0 aliphatic rings. The lowest BCUT2D eigenvalue weighted by atomic mass is 10.2. The minimum absolute atomic E-state index is 0.165. The standard InChI is InChI=1S/C8H9NS/c1-4-6(2)8-9-7(3)5-10-8/h1,5-6H,2-3H3/t6-/m0/s1. The Balaban J connectivity index is 2.87. The molecule has 0 saturated carbocycles. The molecule has 0 fully saturated rings. The predicted octanol–water partition coefficient (Wildman–Crippen LogP) is 2.19. The second kappa shape index (κ2) is 2.85. The molecule has 0 aliphatic carbocycles. The topological polar surface area (TPSA) is 12.9 Å². The van der Waals surface area contributed by atoms with Gasteiger partial charge in [-0.25, -0.2) is 4.98 Å². The van der Waals surface area contributed by atoms with Crippen molar-refractivity contribution in [3.05, 3.63) is 16.1 Å². The Bertz CT molecular complexity index is 256. The monoisotopic (exact) mass is 151 g/mol. The lowest BCUT2D eigenvalue weighted by molar-refractivity contribution is 0.967. The van der Waals surface area contributed by atoms with Gasteiger partial charge in [0.05, 0.1) is 5.92 Å². The van der Waals surface area contributed by atoms with Crippen LogP contribution in [0, 0.1) is 19.3 Å². The number of aromatic nitrogens is 1. The van der Waals surface area contributed by atoms with Crippen molar-refractivity contribution in [2.45, 2.75) is 19.8 Å². The molecule has 0 amide bonds. The van der Waals surface area contributed by atoms with Gasteiger partial charge in [0.1, 0.15) is 5.01 Å². The summed E-state index contributed by atoms with van der Waals surface area (Å²) in [6.07, 6.45) is 5.23. The van der Waals surface area contributed by atoms with Crippen LogP contribution in [0.15, 0.2) is 5.38 Å². The van der Waals surface area contributed by atoms with Gasteiger partial charge < -0.3 is 0 Å². The van der Waals surface area contributed by atoms with E-state index in [4.69, 9.17) is 6.42 Å². The highest BCUT2D eigenvalue weighted by molar-refractivity contribution is 7.09. The van der Waals surface area contributed by atoms with Gasteiger partial charge in [-0.05, 0) is 13.8 Å². The highest BCUT2D eigenvalue weighted by Crippen LogP contribution is 2.18. The zero-order valence-electron chi connectivity index (χ0n) is 6.09. The van der Waals surface area contributed by atoms with Crippen LogP contribution in [0.1, 0.15) is 23.5 Å². The predicted molar refractivity (Wildman–Crippen MR) is 44.1 cm³/mol. The van der Waals surface area contributed by atoms with E-state index in [9.17, 15) is 0 Å². The largest absolute Gasteiger partial charge is 0.245 e. The van der Waals surface area contributed by atoms with Crippen LogP contribution in [0.5, 0.6) is 0 Å². The summed E-state index contributed by atoms with van der Waals surface area (Å²) in [4.78, 5) is 4.26. The van der Waals surface area contributed by atoms with Crippen LogP contribution in [0.25, 0.3) is 0 Å². The Morgan fingerprint density at radius 3 is 2.90 bits per heavy atom. The van der Waals surface area contributed by atoms with Gasteiger partial charge in [-0.2, -0.15) is 0 Å². The molecule has 0 N–H and O–H groups in total. The Kier molecular flexibility index (Phi) is 2.08. The van der Waals surface area contributed by atoms with E-state index in [0.29, 0.717) is 0 Å². The van der Waals surface area contributed by atoms with Crippen LogP contribution in [0.2, 0.25) is 0 Å². The molecule has 0 spiro atoms. The van der Waals surface area contributed by atoms with Crippen molar-refractivity contribution in [3.8, 4) is 12.3 Å². The fourth-order valence-corrected chi connectivity index (χ4v) is 1.46. The van der Waals surface area contributed by atoms with E-state index in [1.165, 1.54) is 0 Å². The van der Waals surface area contributed by atoms with Gasteiger partial charge in [0, 0.05) is 11.1 Å². The normalized spacial score (nSPS) is 12.5. The second-order valence-corrected chi connectivity index (χ2v) is 3.11. The van der Waals surface area contributed by atoms with E-state index in [-0.39, 0.29) is 5.92 Å². The van der Waals surface area contributed by atoms with Gasteiger partial charge in [-0.1, -0.05) is 5.92 Å². The molecule has 0 bridgehead atoms. The van der Waals surface area contributed by atoms with Crippen LogP contribution in [0.3, 0.4) is 0 Å². The van der Waals surface area contributed by atoms with Crippen LogP contribution in [-0.4, -0.2) is 4.98 Å². The summed E-state index contributed by atoms with van der Waals surface area (Å²) in [5.41, 5.74) is 1.06. The molecule has 1 aromatic rings. The quantitative estimate of drug-likeness (QED) is 0.561. The number of nitrogens with zero attached hydrogens (tertiary/aromatic N) is 1. The van der Waals surface area contributed by atoms with Gasteiger partial charge in [-0.15, -0.1) is 17.8 Å². The SMILES string of the molecule is C#C[C@H](C)c1nc(C)cs1. The first-order chi connectivity index (χ1) is 4.74. The first-order valence-electron chi connectivity index (χ1n) is 3.12. The van der Waals surface area contributed by atoms with Crippen molar-refractivity contribution in [1.29, 1.82) is 0 Å². The van der Waals surface area contributed by atoms with Crippen molar-refractivity contribution in [2.24, 2.45) is 0 Å². The van der Waals surface area contributed by atoms with E-state index < -0.39 is 0 Å². The van der Waals surface area contributed by atoms with Gasteiger partial charge in [0.15, 0.2) is 0 Å². The Morgan fingerprint density at radius 1 is 1.80 bits per heavy atom. The van der Waals surface area contributed by atoms with Crippen molar-refractivity contribution < 1.29 is 0 Å². The molecular weight excluding hydrogens is 142 g/mol. The summed E-state index contributed by atoms with van der Waals surface area (Å²) < 4.78 is 0. The molecule has 1 heterocycles. The Morgan fingerprint density at radius 2 is 2.50 bits per heavy atom. The molecule has 52 valence electrons. The van der Waals surface area contributed by atoms with Crippen molar-refractivity contribution >= 4 is 11.3 Å². The molecular formula is C8H9NS. The maximum Gasteiger partial charge on any atom is 0.108 e. The molecule has 2 heteroatoms. The highest BCUT2D eigenvalue weighted by atomic mass is 32.1. The van der Waals surface area contributed by atoms with E-state index >= 15 is 0 Å². The van der Waals surface area contributed by atoms with Crippen LogP contribution in [-0.2, 0) is 0 Å². The van der Waals surface area contributed by atoms with Gasteiger partial charge in [-0.3, -0.25) is 0 Å². The lowest BCUT2D eigenvalue weighted by Crippen LogP contribution is -1.86. The van der Waals surface area contributed by atoms with Crippen LogP contribution >= 0.6 is 11.3 Å². The number of aryl methyl sites for hydroxylation is 1. The van der Waals surface area contributed by atoms with Crippen molar-refractivity contribution in [1.82, 2.24) is 4.98 Å². The summed E-state index contributed by atoms with van der Waals surface area (Å²) >= 11 is 1.63. The lowest BCUT2D eigenvalue weighted by Gasteiger charge is -1.94. The van der Waals surface area contributed by atoms with E-state index in [2.05, 4.69) is 10.9 Å². The fourth-order valence-electron chi connectivity index (χ4n) is 0.642. The molecule has 10 heavy (non-hydrogen) atoms. The molecule has 0 aromatic carbocycles. The molecule has 1 aromatic heterocycles. The van der Waals surface area contributed by atoms with E-state index in [1.807, 2.05) is 19.2 Å². The minimum atomic E-state index is 0.165. The highest BCUT2D eigenvalue weighted by Gasteiger charge is 2.04. The molecule has 0 unspecified atom stereocenters. The number of thiazole rings is 1. The van der Waals surface area contributed by atoms with Crippen LogP contribution in [0.4, 0.5) is 0 Å². The molecule has 1 rings (SSSR count).